The van der Waals surface area contributed by atoms with Crippen LogP contribution in [0.15, 0.2) is 24.3 Å². The largest absolute Gasteiger partial charge is 0.480 e. The molecule has 114 valence electrons. The molecule has 1 aromatic carbocycles. The lowest BCUT2D eigenvalue weighted by molar-refractivity contribution is -0.137. The van der Waals surface area contributed by atoms with Crippen LogP contribution in [0.1, 0.15) is 5.56 Å². The van der Waals surface area contributed by atoms with E-state index in [4.69, 9.17) is 5.11 Å². The molecule has 0 fully saturated rings. The third-order valence-corrected chi connectivity index (χ3v) is 2.49. The standard InChI is InChI=1S/C13H16FN3O4/c1-17(8-9-3-2-4-10(14)5-9)13(21)16-6-11(18)15-7-12(19)20/h2-5H,6-8H2,1H3,(H,15,18)(H,16,21)(H,19,20). The van der Waals surface area contributed by atoms with Crippen LogP contribution in [0, 0.1) is 5.82 Å². The molecule has 1 aromatic rings. The molecule has 3 amide bonds. The number of amides is 3. The number of carbonyl (C=O) groups excluding carboxylic acids is 2. The summed E-state index contributed by atoms with van der Waals surface area (Å²) in [6.07, 6.45) is 0. The van der Waals surface area contributed by atoms with Gasteiger partial charge in [-0.3, -0.25) is 9.59 Å². The van der Waals surface area contributed by atoms with E-state index in [2.05, 4.69) is 10.6 Å². The predicted octanol–water partition coefficient (Wildman–Crippen LogP) is 0.168. The van der Waals surface area contributed by atoms with Gasteiger partial charge in [-0.15, -0.1) is 0 Å². The van der Waals surface area contributed by atoms with Crippen molar-refractivity contribution in [2.75, 3.05) is 20.1 Å². The summed E-state index contributed by atoms with van der Waals surface area (Å²) in [6.45, 7) is -0.659. The van der Waals surface area contributed by atoms with Gasteiger partial charge in [0.15, 0.2) is 0 Å². The molecular weight excluding hydrogens is 281 g/mol. The molecule has 0 saturated carbocycles. The van der Waals surface area contributed by atoms with Crippen LogP contribution in [0.3, 0.4) is 0 Å². The fourth-order valence-electron chi connectivity index (χ4n) is 1.51. The molecule has 8 heteroatoms. The number of carbonyl (C=O) groups is 3. The number of hydrogen-bond acceptors (Lipinski definition) is 3. The number of hydrogen-bond donors (Lipinski definition) is 3. The normalized spacial score (nSPS) is 9.81. The Kier molecular flexibility index (Phi) is 6.12. The molecule has 7 nitrogen and oxygen atoms in total. The van der Waals surface area contributed by atoms with Crippen LogP contribution in [0.4, 0.5) is 9.18 Å². The van der Waals surface area contributed by atoms with Gasteiger partial charge in [0.25, 0.3) is 0 Å². The van der Waals surface area contributed by atoms with Crippen molar-refractivity contribution in [3.63, 3.8) is 0 Å². The Labute approximate surface area is 120 Å². The Hall–Kier alpha value is -2.64. The molecule has 0 bridgehead atoms. The summed E-state index contributed by atoms with van der Waals surface area (Å²) in [6, 6.07) is 5.30. The third kappa shape index (κ3) is 6.37. The zero-order chi connectivity index (χ0) is 15.8. The van der Waals surface area contributed by atoms with Crippen molar-refractivity contribution >= 4 is 17.9 Å². The molecule has 21 heavy (non-hydrogen) atoms. The average molecular weight is 297 g/mol. The summed E-state index contributed by atoms with van der Waals surface area (Å²) in [5.74, 6) is -2.17. The van der Waals surface area contributed by atoms with Crippen LogP contribution in [0.25, 0.3) is 0 Å². The highest BCUT2D eigenvalue weighted by Gasteiger charge is 2.11. The molecule has 0 aliphatic rings. The van der Waals surface area contributed by atoms with Gasteiger partial charge in [-0.25, -0.2) is 9.18 Å². The molecule has 0 aliphatic carbocycles. The SMILES string of the molecule is CN(Cc1cccc(F)c1)C(=O)NCC(=O)NCC(=O)O. The van der Waals surface area contributed by atoms with Crippen molar-refractivity contribution in [2.24, 2.45) is 0 Å². The van der Waals surface area contributed by atoms with Crippen molar-refractivity contribution in [2.45, 2.75) is 6.54 Å². The van der Waals surface area contributed by atoms with Gasteiger partial charge in [-0.1, -0.05) is 12.1 Å². The number of urea groups is 1. The summed E-state index contributed by atoms with van der Waals surface area (Å²) in [5.41, 5.74) is 0.614. The van der Waals surface area contributed by atoms with Crippen LogP contribution in [0.5, 0.6) is 0 Å². The van der Waals surface area contributed by atoms with Crippen LogP contribution in [-0.2, 0) is 16.1 Å². The van der Waals surface area contributed by atoms with Gasteiger partial charge in [0, 0.05) is 13.6 Å². The van der Waals surface area contributed by atoms with E-state index in [0.717, 1.165) is 0 Å². The number of aliphatic carboxylic acids is 1. The third-order valence-electron chi connectivity index (χ3n) is 2.49. The first-order chi connectivity index (χ1) is 9.88. The smallest absolute Gasteiger partial charge is 0.322 e. The first kappa shape index (κ1) is 16.4. The van der Waals surface area contributed by atoms with Gasteiger partial charge in [-0.2, -0.15) is 0 Å². The van der Waals surface area contributed by atoms with Crippen molar-refractivity contribution in [1.82, 2.24) is 15.5 Å². The van der Waals surface area contributed by atoms with Crippen molar-refractivity contribution in [3.05, 3.63) is 35.6 Å². The van der Waals surface area contributed by atoms with Crippen LogP contribution >= 0.6 is 0 Å². The fraction of sp³-hybridized carbons (Fsp3) is 0.308. The minimum absolute atomic E-state index is 0.181. The van der Waals surface area contributed by atoms with E-state index in [9.17, 15) is 18.8 Å². The Morgan fingerprint density at radius 1 is 1.24 bits per heavy atom. The zero-order valence-corrected chi connectivity index (χ0v) is 11.4. The minimum Gasteiger partial charge on any atom is -0.480 e. The average Bonchev–Trinajstić information content (AvgIpc) is 2.42. The van der Waals surface area contributed by atoms with Crippen LogP contribution < -0.4 is 10.6 Å². The summed E-state index contributed by atoms with van der Waals surface area (Å²) >= 11 is 0. The monoisotopic (exact) mass is 297 g/mol. The molecule has 0 unspecified atom stereocenters. The molecule has 1 rings (SSSR count). The molecule has 0 spiro atoms. The minimum atomic E-state index is -1.17. The van der Waals surface area contributed by atoms with Gasteiger partial charge >= 0.3 is 12.0 Å². The molecule has 0 radical (unpaired) electrons. The Morgan fingerprint density at radius 2 is 1.95 bits per heavy atom. The summed E-state index contributed by atoms with van der Waals surface area (Å²) in [7, 11) is 1.50. The molecule has 0 aromatic heterocycles. The van der Waals surface area contributed by atoms with E-state index in [1.165, 1.54) is 30.1 Å². The number of nitrogens with one attached hydrogen (secondary N) is 2. The van der Waals surface area contributed by atoms with Crippen LogP contribution in [-0.4, -0.2) is 48.1 Å². The van der Waals surface area contributed by atoms with Crippen molar-refractivity contribution in [3.8, 4) is 0 Å². The second-order valence-corrected chi connectivity index (χ2v) is 4.32. The summed E-state index contributed by atoms with van der Waals surface area (Å²) in [4.78, 5) is 34.4. The summed E-state index contributed by atoms with van der Waals surface area (Å²) in [5, 5.41) is 12.8. The fourth-order valence-corrected chi connectivity index (χ4v) is 1.51. The lowest BCUT2D eigenvalue weighted by Crippen LogP contribution is -2.43. The van der Waals surface area contributed by atoms with E-state index >= 15 is 0 Å². The molecule has 0 aliphatic heterocycles. The molecule has 0 saturated heterocycles. The van der Waals surface area contributed by atoms with E-state index in [1.807, 2.05) is 0 Å². The first-order valence-corrected chi connectivity index (χ1v) is 6.10. The maximum atomic E-state index is 13.0. The summed E-state index contributed by atoms with van der Waals surface area (Å²) < 4.78 is 13.0. The number of halogens is 1. The van der Waals surface area contributed by atoms with E-state index in [0.29, 0.717) is 5.56 Å². The quantitative estimate of drug-likeness (QED) is 0.697. The maximum absolute atomic E-state index is 13.0. The van der Waals surface area contributed by atoms with E-state index in [1.54, 1.807) is 6.07 Å². The van der Waals surface area contributed by atoms with E-state index in [-0.39, 0.29) is 13.1 Å². The van der Waals surface area contributed by atoms with Gasteiger partial charge < -0.3 is 20.6 Å². The number of rotatable bonds is 6. The number of nitrogens with zero attached hydrogens (tertiary/aromatic N) is 1. The van der Waals surface area contributed by atoms with Gasteiger partial charge in [0.05, 0.1) is 6.54 Å². The van der Waals surface area contributed by atoms with E-state index < -0.39 is 30.3 Å². The Balaban J connectivity index is 2.37. The van der Waals surface area contributed by atoms with Crippen LogP contribution in [0.2, 0.25) is 0 Å². The van der Waals surface area contributed by atoms with Crippen molar-refractivity contribution in [1.29, 1.82) is 0 Å². The second kappa shape index (κ2) is 7.83. The molecular formula is C13H16FN3O4. The number of carboxylic acid groups (broad SMARTS) is 1. The topological polar surface area (TPSA) is 98.7 Å². The van der Waals surface area contributed by atoms with Gasteiger partial charge in [0.2, 0.25) is 5.91 Å². The van der Waals surface area contributed by atoms with Crippen molar-refractivity contribution < 1.29 is 23.9 Å². The highest BCUT2D eigenvalue weighted by atomic mass is 19.1. The second-order valence-electron chi connectivity index (χ2n) is 4.32. The molecule has 3 N–H and O–H groups in total. The maximum Gasteiger partial charge on any atom is 0.322 e. The Bertz CT molecular complexity index is 536. The first-order valence-electron chi connectivity index (χ1n) is 6.10. The highest BCUT2D eigenvalue weighted by Crippen LogP contribution is 2.06. The molecule has 0 atom stereocenters. The number of carboxylic acids is 1. The zero-order valence-electron chi connectivity index (χ0n) is 11.4. The lowest BCUT2D eigenvalue weighted by atomic mass is 10.2. The highest BCUT2D eigenvalue weighted by molar-refractivity contribution is 5.86. The Morgan fingerprint density at radius 3 is 2.57 bits per heavy atom. The predicted molar refractivity (Wildman–Crippen MR) is 71.9 cm³/mol. The molecule has 0 heterocycles. The lowest BCUT2D eigenvalue weighted by Gasteiger charge is -2.17. The van der Waals surface area contributed by atoms with Gasteiger partial charge in [0.1, 0.15) is 12.4 Å². The number of benzene rings is 1. The van der Waals surface area contributed by atoms with Gasteiger partial charge in [-0.05, 0) is 17.7 Å².